The van der Waals surface area contributed by atoms with Crippen LogP contribution in [-0.4, -0.2) is 21.3 Å². The largest absolute Gasteiger partial charge is 0.330 e. The fourth-order valence-corrected chi connectivity index (χ4v) is 2.54. The summed E-state index contributed by atoms with van der Waals surface area (Å²) in [5, 5.41) is 8.63. The average molecular weight is 236 g/mol. The molecule has 96 valence electrons. The van der Waals surface area contributed by atoms with E-state index < -0.39 is 0 Å². The highest BCUT2D eigenvalue weighted by Crippen LogP contribution is 2.20. The van der Waals surface area contributed by atoms with Gasteiger partial charge >= 0.3 is 0 Å². The first kappa shape index (κ1) is 12.6. The first-order valence-electron chi connectivity index (χ1n) is 6.96. The van der Waals surface area contributed by atoms with Gasteiger partial charge in [-0.25, -0.2) is 0 Å². The van der Waals surface area contributed by atoms with Crippen molar-refractivity contribution in [1.82, 2.24) is 14.8 Å². The Hall–Kier alpha value is -0.900. The number of aromatic nitrogens is 3. The van der Waals surface area contributed by atoms with E-state index in [1.54, 1.807) is 0 Å². The summed E-state index contributed by atoms with van der Waals surface area (Å²) < 4.78 is 2.31. The van der Waals surface area contributed by atoms with Gasteiger partial charge in [0.05, 0.1) is 0 Å². The number of aryl methyl sites for hydroxylation is 2. The van der Waals surface area contributed by atoms with Crippen molar-refractivity contribution in [1.29, 1.82) is 0 Å². The molecule has 4 heteroatoms. The van der Waals surface area contributed by atoms with Crippen LogP contribution in [0.3, 0.4) is 0 Å². The summed E-state index contributed by atoms with van der Waals surface area (Å²) in [5.41, 5.74) is 5.76. The van der Waals surface area contributed by atoms with Gasteiger partial charge in [-0.2, -0.15) is 0 Å². The van der Waals surface area contributed by atoms with Crippen molar-refractivity contribution in [2.45, 2.75) is 58.4 Å². The van der Waals surface area contributed by atoms with E-state index in [-0.39, 0.29) is 0 Å². The molecule has 2 heterocycles. The Morgan fingerprint density at radius 3 is 2.94 bits per heavy atom. The number of unbranched alkanes of at least 4 members (excludes halogenated alkanes) is 3. The minimum Gasteiger partial charge on any atom is -0.330 e. The van der Waals surface area contributed by atoms with Crippen molar-refractivity contribution in [3.8, 4) is 0 Å². The Kier molecular flexibility index (Phi) is 4.54. The van der Waals surface area contributed by atoms with Crippen molar-refractivity contribution in [3.05, 3.63) is 11.6 Å². The molecule has 2 N–H and O–H groups in total. The summed E-state index contributed by atoms with van der Waals surface area (Å²) in [4.78, 5) is 0. The highest BCUT2D eigenvalue weighted by molar-refractivity contribution is 5.00. The molecule has 4 nitrogen and oxygen atoms in total. The fraction of sp³-hybridized carbons (Fsp3) is 0.846. The molecule has 0 amide bonds. The first-order valence-corrected chi connectivity index (χ1v) is 6.96. The molecule has 1 aliphatic rings. The van der Waals surface area contributed by atoms with Gasteiger partial charge in [0.2, 0.25) is 0 Å². The Labute approximate surface area is 104 Å². The molecular weight excluding hydrogens is 212 g/mol. The Morgan fingerprint density at radius 1 is 1.29 bits per heavy atom. The van der Waals surface area contributed by atoms with Crippen LogP contribution in [0.1, 0.15) is 50.7 Å². The molecule has 1 unspecified atom stereocenters. The van der Waals surface area contributed by atoms with Gasteiger partial charge in [-0.15, -0.1) is 10.2 Å². The van der Waals surface area contributed by atoms with Gasteiger partial charge in [0.15, 0.2) is 0 Å². The zero-order valence-electron chi connectivity index (χ0n) is 10.9. The molecule has 0 spiro atoms. The molecule has 0 aliphatic carbocycles. The molecule has 1 atom stereocenters. The molecule has 0 radical (unpaired) electrons. The van der Waals surface area contributed by atoms with Crippen molar-refractivity contribution >= 4 is 0 Å². The second kappa shape index (κ2) is 6.15. The summed E-state index contributed by atoms with van der Waals surface area (Å²) in [6.45, 7) is 4.06. The van der Waals surface area contributed by atoms with Gasteiger partial charge in [0.1, 0.15) is 11.6 Å². The highest BCUT2D eigenvalue weighted by atomic mass is 15.3. The van der Waals surface area contributed by atoms with Crippen LogP contribution in [0, 0.1) is 5.92 Å². The second-order valence-corrected chi connectivity index (χ2v) is 5.09. The maximum Gasteiger partial charge on any atom is 0.133 e. The summed E-state index contributed by atoms with van der Waals surface area (Å²) >= 11 is 0. The van der Waals surface area contributed by atoms with Crippen LogP contribution < -0.4 is 5.73 Å². The SMILES string of the molecule is CCCCCCc1nnc2n1CC(CN)CC2. The topological polar surface area (TPSA) is 56.7 Å². The van der Waals surface area contributed by atoms with Crippen LogP contribution >= 0.6 is 0 Å². The van der Waals surface area contributed by atoms with Crippen molar-refractivity contribution in [3.63, 3.8) is 0 Å². The molecule has 0 bridgehead atoms. The molecule has 0 saturated heterocycles. The fourth-order valence-electron chi connectivity index (χ4n) is 2.54. The van der Waals surface area contributed by atoms with E-state index in [9.17, 15) is 0 Å². The Bertz CT molecular complexity index is 345. The quantitative estimate of drug-likeness (QED) is 0.768. The Morgan fingerprint density at radius 2 is 2.18 bits per heavy atom. The molecular formula is C13H24N4. The van der Waals surface area contributed by atoms with Crippen LogP contribution in [0.2, 0.25) is 0 Å². The predicted molar refractivity (Wildman–Crippen MR) is 68.7 cm³/mol. The molecule has 1 aromatic rings. The highest BCUT2D eigenvalue weighted by Gasteiger charge is 2.21. The number of nitrogens with two attached hydrogens (primary N) is 1. The molecule has 17 heavy (non-hydrogen) atoms. The van der Waals surface area contributed by atoms with Gasteiger partial charge in [-0.05, 0) is 25.3 Å². The molecule has 1 aliphatic heterocycles. The lowest BCUT2D eigenvalue weighted by Gasteiger charge is -2.22. The molecule has 0 aromatic carbocycles. The summed E-state index contributed by atoms with van der Waals surface area (Å²) in [5.74, 6) is 2.96. The van der Waals surface area contributed by atoms with Crippen LogP contribution in [0.25, 0.3) is 0 Å². The van der Waals surface area contributed by atoms with Gasteiger partial charge in [-0.3, -0.25) is 0 Å². The van der Waals surface area contributed by atoms with E-state index in [2.05, 4.69) is 21.7 Å². The van der Waals surface area contributed by atoms with Crippen LogP contribution in [0.5, 0.6) is 0 Å². The maximum absolute atomic E-state index is 5.76. The van der Waals surface area contributed by atoms with E-state index in [0.29, 0.717) is 5.92 Å². The van der Waals surface area contributed by atoms with Crippen LogP contribution in [0.4, 0.5) is 0 Å². The lowest BCUT2D eigenvalue weighted by Crippen LogP contribution is -2.27. The minimum absolute atomic E-state index is 0.618. The molecule has 0 saturated carbocycles. The minimum atomic E-state index is 0.618. The third kappa shape index (κ3) is 3.06. The Balaban J connectivity index is 1.93. The van der Waals surface area contributed by atoms with Crippen molar-refractivity contribution < 1.29 is 0 Å². The third-order valence-corrected chi connectivity index (χ3v) is 3.71. The summed E-state index contributed by atoms with van der Waals surface area (Å²) in [6.07, 6.45) is 8.44. The number of rotatable bonds is 6. The number of hydrogen-bond donors (Lipinski definition) is 1. The van der Waals surface area contributed by atoms with Crippen molar-refractivity contribution in [2.75, 3.05) is 6.54 Å². The molecule has 1 aromatic heterocycles. The van der Waals surface area contributed by atoms with Crippen LogP contribution in [-0.2, 0) is 19.4 Å². The van der Waals surface area contributed by atoms with E-state index in [0.717, 1.165) is 25.9 Å². The van der Waals surface area contributed by atoms with E-state index >= 15 is 0 Å². The standard InChI is InChI=1S/C13H24N4/c1-2-3-4-5-6-12-15-16-13-8-7-11(9-14)10-17(12)13/h11H,2-10,14H2,1H3. The van der Waals surface area contributed by atoms with Gasteiger partial charge in [-0.1, -0.05) is 26.2 Å². The maximum atomic E-state index is 5.76. The normalized spacial score (nSPS) is 19.3. The summed E-state index contributed by atoms with van der Waals surface area (Å²) in [7, 11) is 0. The van der Waals surface area contributed by atoms with E-state index in [4.69, 9.17) is 5.73 Å². The molecule has 2 rings (SSSR count). The zero-order chi connectivity index (χ0) is 12.1. The van der Waals surface area contributed by atoms with E-state index in [1.807, 2.05) is 0 Å². The average Bonchev–Trinajstić information content (AvgIpc) is 2.77. The number of hydrogen-bond acceptors (Lipinski definition) is 3. The van der Waals surface area contributed by atoms with Gasteiger partial charge in [0, 0.05) is 19.4 Å². The zero-order valence-corrected chi connectivity index (χ0v) is 10.9. The second-order valence-electron chi connectivity index (χ2n) is 5.09. The number of fused-ring (bicyclic) bond motifs is 1. The predicted octanol–water partition coefficient (Wildman–Crippen LogP) is 1.92. The first-order chi connectivity index (χ1) is 8.35. The smallest absolute Gasteiger partial charge is 0.133 e. The number of nitrogens with zero attached hydrogens (tertiary/aromatic N) is 3. The lowest BCUT2D eigenvalue weighted by molar-refractivity contribution is 0.366. The summed E-state index contributed by atoms with van der Waals surface area (Å²) in [6, 6.07) is 0. The third-order valence-electron chi connectivity index (χ3n) is 3.71. The van der Waals surface area contributed by atoms with Gasteiger partial charge in [0.25, 0.3) is 0 Å². The monoisotopic (exact) mass is 236 g/mol. The van der Waals surface area contributed by atoms with E-state index in [1.165, 1.54) is 43.8 Å². The van der Waals surface area contributed by atoms with Crippen LogP contribution in [0.15, 0.2) is 0 Å². The lowest BCUT2D eigenvalue weighted by atomic mass is 9.99. The van der Waals surface area contributed by atoms with Crippen molar-refractivity contribution in [2.24, 2.45) is 11.7 Å². The van der Waals surface area contributed by atoms with Gasteiger partial charge < -0.3 is 10.3 Å². The molecule has 0 fully saturated rings.